The van der Waals surface area contributed by atoms with Gasteiger partial charge >= 0.3 is 0 Å². The predicted molar refractivity (Wildman–Crippen MR) is 114 cm³/mol. The van der Waals surface area contributed by atoms with Gasteiger partial charge in [0.25, 0.3) is 0 Å². The van der Waals surface area contributed by atoms with Crippen LogP contribution in [0.5, 0.6) is 5.75 Å². The fourth-order valence-electron chi connectivity index (χ4n) is 4.70. The van der Waals surface area contributed by atoms with Gasteiger partial charge in [-0.15, -0.1) is 0 Å². The van der Waals surface area contributed by atoms with Gasteiger partial charge in [0.1, 0.15) is 11.4 Å². The van der Waals surface area contributed by atoms with E-state index in [1.807, 2.05) is 30.5 Å². The Morgan fingerprint density at radius 1 is 1.10 bits per heavy atom. The zero-order valence-corrected chi connectivity index (χ0v) is 16.6. The highest BCUT2D eigenvalue weighted by Crippen LogP contribution is 2.48. The van der Waals surface area contributed by atoms with E-state index in [-0.39, 0.29) is 17.6 Å². The molecule has 5 rings (SSSR count). The molecule has 1 fully saturated rings. The summed E-state index contributed by atoms with van der Waals surface area (Å²) < 4.78 is 6.29. The molecule has 148 valence electrons. The van der Waals surface area contributed by atoms with Gasteiger partial charge in [0.2, 0.25) is 5.91 Å². The summed E-state index contributed by atoms with van der Waals surface area (Å²) in [6.07, 6.45) is 8.29. The second kappa shape index (κ2) is 7.51. The van der Waals surface area contributed by atoms with Crippen molar-refractivity contribution < 1.29 is 9.53 Å². The number of nitrogens with zero attached hydrogens (tertiary/aromatic N) is 1. The van der Waals surface area contributed by atoms with Gasteiger partial charge in [-0.1, -0.05) is 42.5 Å². The van der Waals surface area contributed by atoms with E-state index in [4.69, 9.17) is 4.74 Å². The summed E-state index contributed by atoms with van der Waals surface area (Å²) in [7, 11) is 0. The Hall–Kier alpha value is -2.88. The van der Waals surface area contributed by atoms with Crippen molar-refractivity contribution in [2.75, 3.05) is 0 Å². The summed E-state index contributed by atoms with van der Waals surface area (Å²) in [6.45, 7) is 0. The average molecular weight is 386 g/mol. The molecule has 1 unspecified atom stereocenters. The van der Waals surface area contributed by atoms with Crippen molar-refractivity contribution >= 4 is 16.8 Å². The number of aryl methyl sites for hydroxylation is 1. The topological polar surface area (TPSA) is 51.2 Å². The summed E-state index contributed by atoms with van der Waals surface area (Å²) in [5.74, 6) is 1.06. The lowest BCUT2D eigenvalue weighted by Gasteiger charge is -2.48. The van der Waals surface area contributed by atoms with Crippen LogP contribution in [-0.2, 0) is 11.2 Å². The number of carbonyl (C=O) groups is 1. The van der Waals surface area contributed by atoms with E-state index in [1.54, 1.807) is 0 Å². The average Bonchev–Trinajstić information content (AvgIpc) is 2.73. The highest BCUT2D eigenvalue weighted by atomic mass is 16.5. The minimum atomic E-state index is -0.0685. The lowest BCUT2D eigenvalue weighted by Crippen LogP contribution is -2.49. The highest BCUT2D eigenvalue weighted by Gasteiger charge is 2.45. The van der Waals surface area contributed by atoms with Crippen molar-refractivity contribution in [1.82, 2.24) is 10.3 Å². The molecular weight excluding hydrogens is 360 g/mol. The molecule has 0 radical (unpaired) electrons. The third-order valence-electron chi connectivity index (χ3n) is 6.36. The number of para-hydroxylation sites is 2. The molecule has 1 atom stereocenters. The molecule has 1 aliphatic heterocycles. The first-order valence-electron chi connectivity index (χ1n) is 10.6. The van der Waals surface area contributed by atoms with Crippen LogP contribution in [0, 0.1) is 0 Å². The largest absolute Gasteiger partial charge is 0.487 e. The van der Waals surface area contributed by atoms with E-state index in [2.05, 4.69) is 40.6 Å². The highest BCUT2D eigenvalue weighted by molar-refractivity contribution is 5.81. The van der Waals surface area contributed by atoms with Crippen molar-refractivity contribution in [1.29, 1.82) is 0 Å². The second-order valence-electron chi connectivity index (χ2n) is 8.35. The van der Waals surface area contributed by atoms with Crippen molar-refractivity contribution in [3.63, 3.8) is 0 Å². The van der Waals surface area contributed by atoms with Crippen molar-refractivity contribution in [3.05, 3.63) is 71.9 Å². The number of hydrogen-bond acceptors (Lipinski definition) is 3. The number of benzene rings is 2. The number of amides is 1. The summed E-state index contributed by atoms with van der Waals surface area (Å²) in [5, 5.41) is 4.44. The minimum absolute atomic E-state index is 0.0481. The van der Waals surface area contributed by atoms with Gasteiger partial charge in [0.05, 0.1) is 11.6 Å². The second-order valence-corrected chi connectivity index (χ2v) is 8.35. The maximum atomic E-state index is 12.7. The van der Waals surface area contributed by atoms with Gasteiger partial charge in [-0.05, 0) is 49.8 Å². The van der Waals surface area contributed by atoms with Crippen LogP contribution in [0.2, 0.25) is 0 Å². The molecule has 1 spiro atoms. The quantitative estimate of drug-likeness (QED) is 0.662. The summed E-state index contributed by atoms with van der Waals surface area (Å²) in [5.41, 5.74) is 3.29. The first-order chi connectivity index (χ1) is 14.2. The van der Waals surface area contributed by atoms with Crippen LogP contribution in [0.4, 0.5) is 0 Å². The number of fused-ring (bicyclic) bond motifs is 2. The molecule has 1 saturated carbocycles. The van der Waals surface area contributed by atoms with Gasteiger partial charge in [-0.3, -0.25) is 9.78 Å². The maximum absolute atomic E-state index is 12.7. The van der Waals surface area contributed by atoms with E-state index < -0.39 is 0 Å². The van der Waals surface area contributed by atoms with Gasteiger partial charge in [0.15, 0.2) is 0 Å². The van der Waals surface area contributed by atoms with Crippen LogP contribution in [0.3, 0.4) is 0 Å². The predicted octanol–water partition coefficient (Wildman–Crippen LogP) is 5.12. The fraction of sp³-hybridized carbons (Fsp3) is 0.360. The zero-order valence-electron chi connectivity index (χ0n) is 16.6. The van der Waals surface area contributed by atoms with Gasteiger partial charge < -0.3 is 10.1 Å². The number of nitrogens with one attached hydrogen (secondary N) is 1. The Labute approximate surface area is 171 Å². The minimum Gasteiger partial charge on any atom is -0.487 e. The van der Waals surface area contributed by atoms with Gasteiger partial charge in [0, 0.05) is 30.0 Å². The third kappa shape index (κ3) is 3.59. The third-order valence-corrected chi connectivity index (χ3v) is 6.36. The van der Waals surface area contributed by atoms with E-state index in [0.29, 0.717) is 6.42 Å². The number of pyridine rings is 1. The molecule has 1 N–H and O–H groups in total. The smallest absolute Gasteiger partial charge is 0.220 e. The van der Waals surface area contributed by atoms with E-state index >= 15 is 0 Å². The molecule has 2 aromatic carbocycles. The molecule has 1 aliphatic carbocycles. The number of aromatic nitrogens is 1. The molecule has 3 aromatic rings. The van der Waals surface area contributed by atoms with E-state index in [1.165, 1.54) is 12.0 Å². The van der Waals surface area contributed by atoms with Crippen LogP contribution in [0.1, 0.15) is 55.7 Å². The molecule has 4 heteroatoms. The first kappa shape index (κ1) is 18.2. The van der Waals surface area contributed by atoms with Crippen molar-refractivity contribution in [2.24, 2.45) is 0 Å². The lowest BCUT2D eigenvalue weighted by atomic mass is 9.73. The summed E-state index contributed by atoms with van der Waals surface area (Å²) >= 11 is 0. The standard InChI is InChI=1S/C25H26N2O2/c28-23(13-4-9-18-7-3-8-19-10-5-16-26-24(18)19)27-21-17-25(14-6-15-25)29-22-12-2-1-11-20(21)22/h1-3,5,7-8,10-12,16,21H,4,6,9,13-15,17H2,(H,27,28). The number of hydrogen-bond donors (Lipinski definition) is 1. The molecule has 0 saturated heterocycles. The van der Waals surface area contributed by atoms with Crippen molar-refractivity contribution in [2.45, 2.75) is 56.6 Å². The SMILES string of the molecule is O=C(CCCc1cccc2cccnc12)NC1CC2(CCC2)Oc2ccccc21. The number of ether oxygens (including phenoxy) is 1. The Morgan fingerprint density at radius 3 is 2.83 bits per heavy atom. The van der Waals surface area contributed by atoms with E-state index in [9.17, 15) is 4.79 Å². The molecule has 0 bridgehead atoms. The van der Waals surface area contributed by atoms with E-state index in [0.717, 1.165) is 54.3 Å². The molecule has 2 aliphatic rings. The summed E-state index contributed by atoms with van der Waals surface area (Å²) in [6, 6.07) is 18.5. The van der Waals surface area contributed by atoms with Gasteiger partial charge in [-0.25, -0.2) is 0 Å². The molecule has 1 amide bonds. The molecule has 29 heavy (non-hydrogen) atoms. The maximum Gasteiger partial charge on any atom is 0.220 e. The van der Waals surface area contributed by atoms with Crippen LogP contribution in [0.25, 0.3) is 10.9 Å². The molecule has 2 heterocycles. The number of rotatable bonds is 5. The Bertz CT molecular complexity index is 1040. The molecule has 4 nitrogen and oxygen atoms in total. The lowest BCUT2D eigenvalue weighted by molar-refractivity contribution is -0.123. The Morgan fingerprint density at radius 2 is 1.97 bits per heavy atom. The summed E-state index contributed by atoms with van der Waals surface area (Å²) in [4.78, 5) is 17.2. The van der Waals surface area contributed by atoms with Crippen molar-refractivity contribution in [3.8, 4) is 5.75 Å². The molecule has 1 aromatic heterocycles. The number of carbonyl (C=O) groups excluding carboxylic acids is 1. The van der Waals surface area contributed by atoms with Crippen LogP contribution >= 0.6 is 0 Å². The van der Waals surface area contributed by atoms with Crippen LogP contribution < -0.4 is 10.1 Å². The first-order valence-corrected chi connectivity index (χ1v) is 10.6. The zero-order chi connectivity index (χ0) is 19.7. The fourth-order valence-corrected chi connectivity index (χ4v) is 4.70. The Kier molecular flexibility index (Phi) is 4.70. The molecular formula is C25H26N2O2. The van der Waals surface area contributed by atoms with Crippen LogP contribution in [0.15, 0.2) is 60.8 Å². The monoisotopic (exact) mass is 386 g/mol. The normalized spacial score (nSPS) is 19.2. The van der Waals surface area contributed by atoms with Gasteiger partial charge in [-0.2, -0.15) is 0 Å². The Balaban J connectivity index is 1.23. The van der Waals surface area contributed by atoms with Crippen LogP contribution in [-0.4, -0.2) is 16.5 Å².